The largest absolute Gasteiger partial charge is 0.330 e. The third-order valence-corrected chi connectivity index (χ3v) is 1.76. The fraction of sp³-hybridized carbons (Fsp3) is 0.182. The van der Waals surface area contributed by atoms with E-state index in [0.29, 0.717) is 17.7 Å². The van der Waals surface area contributed by atoms with Gasteiger partial charge in [-0.3, -0.25) is 0 Å². The molecule has 2 N–H and O–H groups in total. The highest BCUT2D eigenvalue weighted by atomic mass is 19.1. The molecule has 1 aromatic rings. The third-order valence-electron chi connectivity index (χ3n) is 1.76. The highest BCUT2D eigenvalue weighted by Crippen LogP contribution is 2.12. The van der Waals surface area contributed by atoms with Gasteiger partial charge in [-0.25, -0.2) is 4.39 Å². The Bertz CT molecular complexity index is 377. The predicted molar refractivity (Wildman–Crippen MR) is 53.8 cm³/mol. The molecule has 2 nitrogen and oxygen atoms in total. The van der Waals surface area contributed by atoms with Crippen molar-refractivity contribution in [1.29, 1.82) is 5.26 Å². The van der Waals surface area contributed by atoms with Gasteiger partial charge in [0.1, 0.15) is 5.82 Å². The number of hydrogen-bond acceptors (Lipinski definition) is 2. The van der Waals surface area contributed by atoms with Crippen molar-refractivity contribution < 1.29 is 4.39 Å². The van der Waals surface area contributed by atoms with Crippen LogP contribution in [-0.2, 0) is 0 Å². The van der Waals surface area contributed by atoms with E-state index >= 15 is 0 Å². The van der Waals surface area contributed by atoms with Crippen LogP contribution < -0.4 is 5.73 Å². The number of nitriles is 1. The fourth-order valence-corrected chi connectivity index (χ4v) is 1.08. The molecule has 0 heterocycles. The van der Waals surface area contributed by atoms with Crippen molar-refractivity contribution in [2.75, 3.05) is 6.54 Å². The van der Waals surface area contributed by atoms with E-state index in [0.717, 1.165) is 6.42 Å². The van der Waals surface area contributed by atoms with Gasteiger partial charge in [-0.1, -0.05) is 12.2 Å². The number of benzene rings is 1. The average molecular weight is 190 g/mol. The summed E-state index contributed by atoms with van der Waals surface area (Å²) < 4.78 is 12.8. The quantitative estimate of drug-likeness (QED) is 0.793. The van der Waals surface area contributed by atoms with Crippen molar-refractivity contribution in [2.45, 2.75) is 6.42 Å². The van der Waals surface area contributed by atoms with Gasteiger partial charge in [-0.15, -0.1) is 0 Å². The van der Waals surface area contributed by atoms with E-state index in [9.17, 15) is 4.39 Å². The van der Waals surface area contributed by atoms with E-state index in [1.165, 1.54) is 18.2 Å². The summed E-state index contributed by atoms with van der Waals surface area (Å²) in [6.45, 7) is 0.549. The second-order valence-corrected chi connectivity index (χ2v) is 2.82. The van der Waals surface area contributed by atoms with Gasteiger partial charge < -0.3 is 5.73 Å². The molecular formula is C11H11FN2. The maximum absolute atomic E-state index is 12.8. The molecular weight excluding hydrogens is 179 g/mol. The molecule has 0 aromatic heterocycles. The molecule has 0 saturated heterocycles. The van der Waals surface area contributed by atoms with Crippen molar-refractivity contribution in [2.24, 2.45) is 5.73 Å². The molecule has 0 unspecified atom stereocenters. The molecule has 0 bridgehead atoms. The zero-order chi connectivity index (χ0) is 10.4. The molecule has 3 heteroatoms. The molecule has 0 saturated carbocycles. The highest BCUT2D eigenvalue weighted by molar-refractivity contribution is 5.57. The molecule has 0 aliphatic carbocycles. The summed E-state index contributed by atoms with van der Waals surface area (Å²) in [6, 6.07) is 6.09. The maximum atomic E-state index is 12.8. The molecule has 0 atom stereocenters. The van der Waals surface area contributed by atoms with Gasteiger partial charge >= 0.3 is 0 Å². The first-order chi connectivity index (χ1) is 6.77. The molecule has 0 radical (unpaired) electrons. The second-order valence-electron chi connectivity index (χ2n) is 2.82. The van der Waals surface area contributed by atoms with Crippen LogP contribution >= 0.6 is 0 Å². The Labute approximate surface area is 82.5 Å². The molecule has 0 amide bonds. The first-order valence-corrected chi connectivity index (χ1v) is 4.34. The monoisotopic (exact) mass is 190 g/mol. The normalized spacial score (nSPS) is 10.4. The van der Waals surface area contributed by atoms with Crippen molar-refractivity contribution in [1.82, 2.24) is 0 Å². The second kappa shape index (κ2) is 5.15. The van der Waals surface area contributed by atoms with E-state index in [4.69, 9.17) is 11.0 Å². The fourth-order valence-electron chi connectivity index (χ4n) is 1.08. The Balaban J connectivity index is 2.94. The standard InChI is InChI=1S/C11H11FN2/c12-11-5-4-10(8-14)9(7-11)3-1-2-6-13/h1,3-5,7H,2,6,13H2. The Kier molecular flexibility index (Phi) is 3.84. The maximum Gasteiger partial charge on any atom is 0.123 e. The number of halogens is 1. The van der Waals surface area contributed by atoms with Crippen molar-refractivity contribution in [3.63, 3.8) is 0 Å². The molecule has 14 heavy (non-hydrogen) atoms. The van der Waals surface area contributed by atoms with Gasteiger partial charge in [-0.2, -0.15) is 5.26 Å². The van der Waals surface area contributed by atoms with E-state index < -0.39 is 0 Å². The lowest BCUT2D eigenvalue weighted by Gasteiger charge is -1.97. The smallest absolute Gasteiger partial charge is 0.123 e. The van der Waals surface area contributed by atoms with Crippen LogP contribution in [0.1, 0.15) is 17.5 Å². The molecule has 0 aliphatic rings. The van der Waals surface area contributed by atoms with Gasteiger partial charge in [0.2, 0.25) is 0 Å². The van der Waals surface area contributed by atoms with E-state index in [1.54, 1.807) is 6.08 Å². The van der Waals surface area contributed by atoms with Crippen molar-refractivity contribution in [3.8, 4) is 6.07 Å². The van der Waals surface area contributed by atoms with Crippen LogP contribution in [0, 0.1) is 17.1 Å². The van der Waals surface area contributed by atoms with Gasteiger partial charge in [0, 0.05) is 0 Å². The van der Waals surface area contributed by atoms with Crippen LogP contribution in [0.2, 0.25) is 0 Å². The van der Waals surface area contributed by atoms with Crippen molar-refractivity contribution >= 4 is 6.08 Å². The zero-order valence-electron chi connectivity index (χ0n) is 7.70. The third kappa shape index (κ3) is 2.68. The topological polar surface area (TPSA) is 49.8 Å². The SMILES string of the molecule is N#Cc1ccc(F)cc1C=CCCN. The predicted octanol–water partition coefficient (Wildman–Crippen LogP) is 2.06. The zero-order valence-corrected chi connectivity index (χ0v) is 7.70. The highest BCUT2D eigenvalue weighted by Gasteiger charge is 1.99. The molecule has 1 rings (SSSR count). The first-order valence-electron chi connectivity index (χ1n) is 4.34. The van der Waals surface area contributed by atoms with Crippen LogP contribution in [0.4, 0.5) is 4.39 Å². The van der Waals surface area contributed by atoms with E-state index in [-0.39, 0.29) is 5.82 Å². The average Bonchev–Trinajstić information content (AvgIpc) is 2.19. The molecule has 0 aliphatic heterocycles. The van der Waals surface area contributed by atoms with Gasteiger partial charge in [0.05, 0.1) is 11.6 Å². The van der Waals surface area contributed by atoms with Crippen LogP contribution in [0.5, 0.6) is 0 Å². The van der Waals surface area contributed by atoms with Crippen LogP contribution in [0.15, 0.2) is 24.3 Å². The van der Waals surface area contributed by atoms with Crippen molar-refractivity contribution in [3.05, 3.63) is 41.2 Å². The van der Waals surface area contributed by atoms with E-state index in [2.05, 4.69) is 0 Å². The molecule has 72 valence electrons. The minimum absolute atomic E-state index is 0.337. The minimum atomic E-state index is -0.337. The van der Waals surface area contributed by atoms with Gasteiger partial charge in [-0.05, 0) is 36.7 Å². The summed E-state index contributed by atoms with van der Waals surface area (Å²) in [5.74, 6) is -0.337. The summed E-state index contributed by atoms with van der Waals surface area (Å²) in [6.07, 6.45) is 4.27. The lowest BCUT2D eigenvalue weighted by Crippen LogP contribution is -1.95. The molecule has 0 fully saturated rings. The Morgan fingerprint density at radius 3 is 2.93 bits per heavy atom. The number of rotatable bonds is 3. The number of hydrogen-bond donors (Lipinski definition) is 1. The van der Waals surface area contributed by atoms with Gasteiger partial charge in [0.15, 0.2) is 0 Å². The lowest BCUT2D eigenvalue weighted by atomic mass is 10.1. The minimum Gasteiger partial charge on any atom is -0.330 e. The van der Waals surface area contributed by atoms with Crippen LogP contribution in [0.25, 0.3) is 6.08 Å². The Morgan fingerprint density at radius 1 is 1.50 bits per heavy atom. The number of nitrogens with zero attached hydrogens (tertiary/aromatic N) is 1. The Hall–Kier alpha value is -1.66. The summed E-state index contributed by atoms with van der Waals surface area (Å²) in [4.78, 5) is 0. The van der Waals surface area contributed by atoms with Crippen LogP contribution in [0.3, 0.4) is 0 Å². The molecule has 0 spiro atoms. The number of nitrogens with two attached hydrogens (primary N) is 1. The Morgan fingerprint density at radius 2 is 2.29 bits per heavy atom. The summed E-state index contributed by atoms with van der Waals surface area (Å²) in [5, 5.41) is 8.73. The van der Waals surface area contributed by atoms with E-state index in [1.807, 2.05) is 12.1 Å². The summed E-state index contributed by atoms with van der Waals surface area (Å²) in [7, 11) is 0. The summed E-state index contributed by atoms with van der Waals surface area (Å²) >= 11 is 0. The summed E-state index contributed by atoms with van der Waals surface area (Å²) in [5.41, 5.74) is 6.37. The van der Waals surface area contributed by atoms with Gasteiger partial charge in [0.25, 0.3) is 0 Å². The lowest BCUT2D eigenvalue weighted by molar-refractivity contribution is 0.627. The first kappa shape index (κ1) is 10.4. The molecule has 1 aromatic carbocycles. The van der Waals surface area contributed by atoms with Crippen LogP contribution in [-0.4, -0.2) is 6.54 Å².